The fraction of sp³-hybridized carbons (Fsp3) is 0.100. The van der Waals surface area contributed by atoms with Gasteiger partial charge in [0.05, 0.1) is 45.8 Å². The predicted molar refractivity (Wildman–Crippen MR) is 165 cm³/mol. The predicted octanol–water partition coefficient (Wildman–Crippen LogP) is 4.71. The van der Waals surface area contributed by atoms with Crippen LogP contribution in [-0.4, -0.2) is 48.1 Å². The molecule has 0 radical (unpaired) electrons. The number of sulfone groups is 1. The van der Waals surface area contributed by atoms with Crippen molar-refractivity contribution in [2.45, 2.75) is 16.7 Å². The van der Waals surface area contributed by atoms with Crippen LogP contribution in [0.4, 0.5) is 0 Å². The molecule has 8 rings (SSSR count). The van der Waals surface area contributed by atoms with Gasteiger partial charge in [-0.1, -0.05) is 42.5 Å². The van der Waals surface area contributed by atoms with Gasteiger partial charge in [-0.05, 0) is 35.4 Å². The topological polar surface area (TPSA) is 144 Å². The average Bonchev–Trinajstić information content (AvgIpc) is 3.81. The van der Waals surface area contributed by atoms with Crippen molar-refractivity contribution >= 4 is 64.2 Å². The number of thiazole rings is 1. The molecule has 0 saturated carbocycles. The van der Waals surface area contributed by atoms with Crippen LogP contribution in [-0.2, 0) is 23.4 Å². The van der Waals surface area contributed by atoms with Crippen molar-refractivity contribution in [1.82, 2.24) is 39.7 Å². The zero-order valence-electron chi connectivity index (χ0n) is 22.6. The highest BCUT2D eigenvalue weighted by Crippen LogP contribution is 2.42. The van der Waals surface area contributed by atoms with Crippen LogP contribution < -0.4 is 5.56 Å². The molecular formula is C30H22N8O3S2. The third-order valence-electron chi connectivity index (χ3n) is 7.84. The van der Waals surface area contributed by atoms with Gasteiger partial charge in [-0.2, -0.15) is 15.3 Å². The molecule has 0 saturated heterocycles. The molecule has 0 aliphatic carbocycles. The Morgan fingerprint density at radius 3 is 2.37 bits per heavy atom. The largest absolute Gasteiger partial charge is 0.323 e. The Hall–Kier alpha value is -5.14. The standard InChI is InChI=1S/C30H22N8O3S2/c1-37-25-22(15-33-38(30(25)39)16-17-7-5-11-23-20(17)13-31-35-23)26-28(37)34-29(42-26)27(43(40,41)18-8-3-2-4-9-18)19-10-6-12-24-21(19)14-32-36-24/h2-15,27H,16H2,1H3,(H,31,35)(H,32,36)/t27-/m1/s1. The van der Waals surface area contributed by atoms with Crippen molar-refractivity contribution in [3.63, 3.8) is 0 Å². The number of nitrogens with one attached hydrogen (secondary N) is 2. The summed E-state index contributed by atoms with van der Waals surface area (Å²) in [6.45, 7) is 0.273. The summed E-state index contributed by atoms with van der Waals surface area (Å²) in [5.41, 5.74) is 3.82. The van der Waals surface area contributed by atoms with Crippen LogP contribution in [0.2, 0.25) is 0 Å². The molecule has 5 heterocycles. The molecule has 43 heavy (non-hydrogen) atoms. The average molecular weight is 607 g/mol. The second-order valence-corrected chi connectivity index (χ2v) is 13.4. The number of benzene rings is 3. The minimum atomic E-state index is -3.92. The van der Waals surface area contributed by atoms with E-state index in [1.54, 1.807) is 66.6 Å². The minimum absolute atomic E-state index is 0.196. The summed E-state index contributed by atoms with van der Waals surface area (Å²) in [6, 6.07) is 19.6. The van der Waals surface area contributed by atoms with Gasteiger partial charge in [-0.25, -0.2) is 18.1 Å². The van der Waals surface area contributed by atoms with Crippen LogP contribution in [0.3, 0.4) is 0 Å². The van der Waals surface area contributed by atoms with E-state index in [2.05, 4.69) is 25.5 Å². The molecule has 0 aliphatic heterocycles. The molecule has 0 fully saturated rings. The first-order chi connectivity index (χ1) is 20.9. The number of fused-ring (bicyclic) bond motifs is 5. The van der Waals surface area contributed by atoms with Crippen LogP contribution in [0.15, 0.2) is 95.0 Å². The van der Waals surface area contributed by atoms with Gasteiger partial charge in [0.25, 0.3) is 5.56 Å². The zero-order valence-corrected chi connectivity index (χ0v) is 24.2. The summed E-state index contributed by atoms with van der Waals surface area (Å²) in [4.78, 5) is 18.8. The molecule has 5 aromatic heterocycles. The van der Waals surface area contributed by atoms with Crippen molar-refractivity contribution in [2.75, 3.05) is 0 Å². The van der Waals surface area contributed by atoms with Gasteiger partial charge in [0, 0.05) is 23.2 Å². The van der Waals surface area contributed by atoms with Crippen LogP contribution in [0.1, 0.15) is 21.4 Å². The summed E-state index contributed by atoms with van der Waals surface area (Å²) in [7, 11) is -2.15. The Morgan fingerprint density at radius 2 is 1.58 bits per heavy atom. The van der Waals surface area contributed by atoms with Crippen molar-refractivity contribution in [1.29, 1.82) is 0 Å². The van der Waals surface area contributed by atoms with E-state index in [0.29, 0.717) is 37.2 Å². The lowest BCUT2D eigenvalue weighted by Crippen LogP contribution is -2.24. The van der Waals surface area contributed by atoms with Crippen molar-refractivity contribution in [2.24, 2.45) is 7.05 Å². The Labute approximate surface area is 247 Å². The number of aryl methyl sites for hydroxylation is 1. The lowest BCUT2D eigenvalue weighted by molar-refractivity contribution is 0.589. The van der Waals surface area contributed by atoms with Gasteiger partial charge in [-0.3, -0.25) is 15.0 Å². The van der Waals surface area contributed by atoms with Gasteiger partial charge in [0.15, 0.2) is 15.5 Å². The van der Waals surface area contributed by atoms with Gasteiger partial charge in [-0.15, -0.1) is 11.3 Å². The van der Waals surface area contributed by atoms with Crippen LogP contribution in [0.25, 0.3) is 43.1 Å². The highest BCUT2D eigenvalue weighted by molar-refractivity contribution is 7.92. The molecule has 212 valence electrons. The molecule has 0 aliphatic rings. The number of aromatic nitrogens is 8. The Morgan fingerprint density at radius 1 is 0.860 bits per heavy atom. The number of H-pyrrole nitrogens is 2. The molecule has 13 heteroatoms. The van der Waals surface area contributed by atoms with E-state index < -0.39 is 15.1 Å². The first-order valence-electron chi connectivity index (χ1n) is 13.4. The Kier molecular flexibility index (Phi) is 5.61. The quantitative estimate of drug-likeness (QED) is 0.279. The van der Waals surface area contributed by atoms with Gasteiger partial charge < -0.3 is 4.57 Å². The number of aromatic amines is 2. The summed E-state index contributed by atoms with van der Waals surface area (Å²) in [5, 5.41) is 20.2. The maximum atomic E-state index is 14.2. The summed E-state index contributed by atoms with van der Waals surface area (Å²) in [6.07, 6.45) is 5.04. The Bertz CT molecular complexity index is 2510. The van der Waals surface area contributed by atoms with Crippen molar-refractivity contribution in [3.8, 4) is 0 Å². The molecule has 0 bridgehead atoms. The van der Waals surface area contributed by atoms with Crippen molar-refractivity contribution < 1.29 is 8.42 Å². The smallest absolute Gasteiger partial charge is 0.291 e. The van der Waals surface area contributed by atoms with E-state index in [-0.39, 0.29) is 17.0 Å². The molecule has 3 aromatic carbocycles. The lowest BCUT2D eigenvalue weighted by atomic mass is 10.1. The second kappa shape index (κ2) is 9.44. The number of hydrogen-bond acceptors (Lipinski definition) is 8. The van der Waals surface area contributed by atoms with Crippen LogP contribution in [0.5, 0.6) is 0 Å². The van der Waals surface area contributed by atoms with Crippen LogP contribution >= 0.6 is 11.3 Å². The number of hydrogen-bond donors (Lipinski definition) is 2. The molecule has 0 amide bonds. The maximum absolute atomic E-state index is 14.2. The minimum Gasteiger partial charge on any atom is -0.323 e. The summed E-state index contributed by atoms with van der Waals surface area (Å²) >= 11 is 1.26. The van der Waals surface area contributed by atoms with Crippen molar-refractivity contribution in [3.05, 3.63) is 112 Å². The van der Waals surface area contributed by atoms with E-state index in [9.17, 15) is 13.2 Å². The highest BCUT2D eigenvalue weighted by Gasteiger charge is 2.36. The fourth-order valence-corrected chi connectivity index (χ4v) is 9.06. The fourth-order valence-electron chi connectivity index (χ4n) is 5.76. The maximum Gasteiger partial charge on any atom is 0.291 e. The lowest BCUT2D eigenvalue weighted by Gasteiger charge is -2.17. The Balaban J connectivity index is 1.30. The molecular weight excluding hydrogens is 585 g/mol. The SMILES string of the molecule is Cn1c2nc([C@@H](c3cccc4[nH]ncc34)S(=O)(=O)c3ccccc3)sc2c2cnn(Cc3cccc4[nH]ncc34)c(=O)c21. The van der Waals surface area contributed by atoms with E-state index in [1.165, 1.54) is 16.0 Å². The molecule has 1 atom stereocenters. The third-order valence-corrected chi connectivity index (χ3v) is 11.2. The van der Waals surface area contributed by atoms with E-state index in [4.69, 9.17) is 4.98 Å². The number of rotatable bonds is 6. The first kappa shape index (κ1) is 25.6. The van der Waals surface area contributed by atoms with Gasteiger partial charge in [0.2, 0.25) is 0 Å². The van der Waals surface area contributed by atoms with Gasteiger partial charge in [0.1, 0.15) is 15.8 Å². The molecule has 0 spiro atoms. The zero-order chi connectivity index (χ0) is 29.3. The van der Waals surface area contributed by atoms with E-state index in [0.717, 1.165) is 22.0 Å². The number of nitrogens with zero attached hydrogens (tertiary/aromatic N) is 6. The summed E-state index contributed by atoms with van der Waals surface area (Å²) < 4.78 is 32.4. The van der Waals surface area contributed by atoms with E-state index in [1.807, 2.05) is 30.3 Å². The normalized spacial score (nSPS) is 13.0. The summed E-state index contributed by atoms with van der Waals surface area (Å²) in [5.74, 6) is 0. The van der Waals surface area contributed by atoms with E-state index >= 15 is 0 Å². The van der Waals surface area contributed by atoms with Gasteiger partial charge >= 0.3 is 0 Å². The molecule has 2 N–H and O–H groups in total. The highest BCUT2D eigenvalue weighted by atomic mass is 32.2. The first-order valence-corrected chi connectivity index (χ1v) is 15.7. The van der Waals surface area contributed by atoms with Crippen LogP contribution in [0, 0.1) is 0 Å². The second-order valence-electron chi connectivity index (χ2n) is 10.3. The third kappa shape index (κ3) is 3.85. The molecule has 8 aromatic rings. The monoisotopic (exact) mass is 606 g/mol. The molecule has 11 nitrogen and oxygen atoms in total. The molecule has 0 unspecified atom stereocenters.